The fraction of sp³-hybridized carbons (Fsp3) is 0.0312. The van der Waals surface area contributed by atoms with E-state index in [1.54, 1.807) is 0 Å². The summed E-state index contributed by atoms with van der Waals surface area (Å²) in [6.45, 7) is 0. The summed E-state index contributed by atoms with van der Waals surface area (Å²) >= 11 is 0. The highest BCUT2D eigenvalue weighted by molar-refractivity contribution is 6.26. The van der Waals surface area contributed by atoms with Crippen molar-refractivity contribution in [2.24, 2.45) is 0 Å². The first kappa shape index (κ1) is 55.7. The van der Waals surface area contributed by atoms with Crippen molar-refractivity contribution in [3.8, 4) is 58.3 Å². The first-order valence-electron chi connectivity index (χ1n) is 38.9. The molecule has 0 saturated carbocycles. The van der Waals surface area contributed by atoms with Crippen molar-refractivity contribution in [3.63, 3.8) is 0 Å². The fourth-order valence-corrected chi connectivity index (χ4v) is 23.6. The first-order chi connectivity index (χ1) is 56.6. The van der Waals surface area contributed by atoms with Crippen LogP contribution in [0.15, 0.2) is 310 Å². The van der Waals surface area contributed by atoms with Crippen LogP contribution in [0.5, 0.6) is 46.6 Å². The Labute approximate surface area is 639 Å². The van der Waals surface area contributed by atoms with Gasteiger partial charge in [-0.15, -0.1) is 32.0 Å². The predicted octanol–water partition coefficient (Wildman–Crippen LogP) is 14.5. The molecule has 9 aliphatic heterocycles. The van der Waals surface area contributed by atoms with E-state index < -0.39 is 17.4 Å². The number of hydrogen-bond donors (Lipinski definition) is 0. The Morgan fingerprint density at radius 3 is 1.07 bits per heavy atom. The van der Waals surface area contributed by atoms with E-state index in [-0.39, 0.29) is 0 Å². The molecular weight excluding hydrogens is 1410 g/mol. The third-order valence-electron chi connectivity index (χ3n) is 27.3. The average molecular weight is 1460 g/mol. The molecule has 0 radical (unpaired) electrons. The molecule has 0 N–H and O–H groups in total. The van der Waals surface area contributed by atoms with Crippen molar-refractivity contribution in [3.05, 3.63) is 327 Å². The molecule has 0 fully saturated rings. The Bertz CT molecular complexity index is 8940. The lowest BCUT2D eigenvalue weighted by Gasteiger charge is -2.37. The van der Waals surface area contributed by atoms with E-state index in [4.69, 9.17) is 18.9 Å². The molecule has 17 aromatic heterocycles. The highest BCUT2D eigenvalue weighted by atomic mass is 16.5. The minimum atomic E-state index is -0.750. The van der Waals surface area contributed by atoms with Crippen LogP contribution in [0.25, 0.3) is 170 Å². The summed E-state index contributed by atoms with van der Waals surface area (Å²) < 4.78 is 60.5. The molecule has 0 aliphatic carbocycles. The molecule has 25 aromatic rings. The van der Waals surface area contributed by atoms with Gasteiger partial charge in [-0.05, 0) is 180 Å². The van der Waals surface area contributed by atoms with E-state index in [9.17, 15) is 0 Å². The van der Waals surface area contributed by atoms with Crippen molar-refractivity contribution in [2.45, 2.75) is 17.4 Å². The van der Waals surface area contributed by atoms with Gasteiger partial charge >= 0.3 is 63.2 Å². The number of nitrogens with zero attached hydrogens (tertiary/aromatic N) is 14. The van der Waals surface area contributed by atoms with Gasteiger partial charge in [0.05, 0.1) is 45.1 Å². The SMILES string of the molecule is c1cc2[n+]3c(c1)-n1c4ccccc4c4ccc[n+](c41)C31c3c(ccc4c5cccc6c7ccc[n+]1c7n(c34)c56)O2.c1cc[n+]2c(c1)-n1c3ccccc3c3ccc4[n+](c31)C21c2c(ccc3c5cccc6c7ccc[n+]1c7n(c23)c56)O4.c1cc[n+]2c(c1)Oc1cccc3[n+]1C21c2c(ccc4c5cccc6c7ccc[n+]1c7n(c24)c56)O3. The number of fused-ring (bicyclic) bond motifs is 16. The van der Waals surface area contributed by atoms with Crippen molar-refractivity contribution >= 4 is 159 Å². The monoisotopic (exact) mass is 1460 g/mol. The van der Waals surface area contributed by atoms with Crippen LogP contribution >= 0.6 is 0 Å². The number of ether oxygens (including phenoxy) is 4. The molecule has 3 spiro atoms. The lowest BCUT2D eigenvalue weighted by atomic mass is 9.95. The van der Waals surface area contributed by atoms with E-state index in [2.05, 4.69) is 343 Å². The van der Waals surface area contributed by atoms with Gasteiger partial charge in [0.15, 0.2) is 51.1 Å². The summed E-state index contributed by atoms with van der Waals surface area (Å²) in [5, 5.41) is 20.2. The Morgan fingerprint density at radius 2 is 0.535 bits per heavy atom. The molecule has 114 heavy (non-hydrogen) atoms. The van der Waals surface area contributed by atoms with Crippen LogP contribution in [0.1, 0.15) is 16.7 Å². The van der Waals surface area contributed by atoms with Crippen LogP contribution in [0, 0.1) is 0 Å². The molecule has 0 amide bonds. The predicted molar refractivity (Wildman–Crippen MR) is 423 cm³/mol. The maximum atomic E-state index is 6.85. The molecular formula is C96H51N14O4+9. The van der Waals surface area contributed by atoms with Gasteiger partial charge in [0.1, 0.15) is 58.6 Å². The van der Waals surface area contributed by atoms with Crippen LogP contribution in [0.3, 0.4) is 0 Å². The summed E-state index contributed by atoms with van der Waals surface area (Å²) in [4.78, 5) is 0. The number of aromatic nitrogens is 14. The number of pyridine rings is 9. The number of hydrogen-bond acceptors (Lipinski definition) is 4. The number of rotatable bonds is 0. The fourth-order valence-electron chi connectivity index (χ4n) is 23.6. The standard InChI is InChI=1S/2C34H18N5O.C28H15N4O2/c1-2-12-25-19(7-1)23-10-5-17-35-32(23)37(25)27-13-4-14-28-39(27)34(35)29-26(40-28)16-15-22-20-8-3-9-21-24-11-6-18-36(34)33(24)38(30(20)21)31(22)29;1-2-11-25-19(7-1)24-14-16-28-39-33(24)37(25)27-12-3-4-17-35(27)34(39)29-26(40-28)15-13-22-20-8-5-9-21-23-10-6-18-36(34)32(23)38(30(20)21)31(22)29;1-2-14-29-21(9-1)34-23-11-4-10-22-32(23)28(29)24-20(33-22)13-12-18-16-6-3-7-17-19-8-5-15-30(28)27(19)31(25(16)17)26(18)24/h2*1-18H;1-15H/q3*+3. The van der Waals surface area contributed by atoms with Crippen molar-refractivity contribution in [1.29, 1.82) is 0 Å². The van der Waals surface area contributed by atoms with E-state index in [0.29, 0.717) is 0 Å². The minimum Gasteiger partial charge on any atom is -0.422 e. The van der Waals surface area contributed by atoms with Crippen molar-refractivity contribution in [1.82, 2.24) is 22.3 Å². The third kappa shape index (κ3) is 5.41. The quantitative estimate of drug-likeness (QED) is 0.141. The van der Waals surface area contributed by atoms with Gasteiger partial charge in [-0.1, -0.05) is 53.1 Å². The highest BCUT2D eigenvalue weighted by Gasteiger charge is 2.75. The highest BCUT2D eigenvalue weighted by Crippen LogP contribution is 2.55. The Balaban J connectivity index is 0.0000000842. The van der Waals surface area contributed by atoms with Crippen molar-refractivity contribution < 1.29 is 60.1 Å². The lowest BCUT2D eigenvalue weighted by molar-refractivity contribution is -1.16. The molecule has 3 unspecified atom stereocenters. The summed E-state index contributed by atoms with van der Waals surface area (Å²) in [6, 6.07) is 98.0. The zero-order chi connectivity index (χ0) is 72.7. The maximum Gasteiger partial charge on any atom is 0.556 e. The summed E-state index contributed by atoms with van der Waals surface area (Å²) in [7, 11) is 0. The van der Waals surface area contributed by atoms with E-state index in [1.165, 1.54) is 164 Å². The Kier molecular flexibility index (Phi) is 8.68. The van der Waals surface area contributed by atoms with Gasteiger partial charge < -0.3 is 18.9 Å². The van der Waals surface area contributed by atoms with E-state index >= 15 is 0 Å². The van der Waals surface area contributed by atoms with Gasteiger partial charge in [0.25, 0.3) is 23.4 Å². The molecule has 520 valence electrons. The zero-order valence-electron chi connectivity index (χ0n) is 59.8. The molecule has 34 rings (SSSR count). The number of benzene rings is 8. The average Bonchev–Trinajstić information content (AvgIpc) is 1.43. The van der Waals surface area contributed by atoms with Crippen LogP contribution in [-0.2, 0) is 17.4 Å². The molecule has 26 heterocycles. The second-order valence-corrected chi connectivity index (χ2v) is 31.8. The Hall–Kier alpha value is -15.7. The summed E-state index contributed by atoms with van der Waals surface area (Å²) in [5.41, 5.74) is 19.2. The second-order valence-electron chi connectivity index (χ2n) is 31.8. The molecule has 3 atom stereocenters. The Morgan fingerprint density at radius 1 is 0.202 bits per heavy atom. The molecule has 18 nitrogen and oxygen atoms in total. The van der Waals surface area contributed by atoms with E-state index in [1.807, 2.05) is 30.3 Å². The molecule has 18 heteroatoms. The van der Waals surface area contributed by atoms with Gasteiger partial charge in [-0.25, -0.2) is 0 Å². The van der Waals surface area contributed by atoms with Gasteiger partial charge in [-0.2, -0.15) is 22.3 Å². The van der Waals surface area contributed by atoms with Crippen LogP contribution in [0.4, 0.5) is 0 Å². The zero-order valence-corrected chi connectivity index (χ0v) is 59.8. The molecule has 8 aromatic carbocycles. The number of para-hydroxylation sites is 5. The maximum absolute atomic E-state index is 6.85. The summed E-state index contributed by atoms with van der Waals surface area (Å²) in [6.07, 6.45) is 13.3. The second kappa shape index (κ2) is 17.8. The molecule has 9 aliphatic rings. The third-order valence-corrected chi connectivity index (χ3v) is 27.3. The molecule has 0 saturated heterocycles. The van der Waals surface area contributed by atoms with Crippen LogP contribution in [-0.4, -0.2) is 22.3 Å². The van der Waals surface area contributed by atoms with Gasteiger partial charge in [0, 0.05) is 89.6 Å². The van der Waals surface area contributed by atoms with E-state index in [0.717, 1.165) is 69.5 Å². The van der Waals surface area contributed by atoms with Crippen molar-refractivity contribution in [2.75, 3.05) is 0 Å². The molecule has 0 bridgehead atoms. The largest absolute Gasteiger partial charge is 0.556 e. The van der Waals surface area contributed by atoms with Gasteiger partial charge in [-0.3, -0.25) is 0 Å². The van der Waals surface area contributed by atoms with Gasteiger partial charge in [0.2, 0.25) is 5.56 Å². The normalized spacial score (nSPS) is 18.0. The smallest absolute Gasteiger partial charge is 0.422 e. The van der Waals surface area contributed by atoms with Crippen LogP contribution < -0.4 is 60.1 Å². The summed E-state index contributed by atoms with van der Waals surface area (Å²) in [5.74, 6) is 6.58. The van der Waals surface area contributed by atoms with Crippen LogP contribution in [0.2, 0.25) is 0 Å². The first-order valence-corrected chi connectivity index (χ1v) is 38.9. The lowest BCUT2D eigenvalue weighted by Crippen LogP contribution is -2.90. The topological polar surface area (TPSA) is 94.9 Å². The minimum absolute atomic E-state index is 0.741.